The van der Waals surface area contributed by atoms with Crippen molar-refractivity contribution in [2.45, 2.75) is 37.2 Å². The van der Waals surface area contributed by atoms with Crippen LogP contribution in [0.25, 0.3) is 0 Å². The molecule has 0 aromatic heterocycles. The molecule has 0 heterocycles. The van der Waals surface area contributed by atoms with Crippen LogP contribution in [0.15, 0.2) is 47.4 Å². The van der Waals surface area contributed by atoms with Gasteiger partial charge >= 0.3 is 0 Å². The van der Waals surface area contributed by atoms with Crippen LogP contribution < -0.4 is 14.8 Å². The summed E-state index contributed by atoms with van der Waals surface area (Å²) in [6.45, 7) is 2.65. The molecule has 0 bridgehead atoms. The number of aryl methyl sites for hydroxylation is 1. The molecule has 1 aliphatic carbocycles. The SMILES string of the molecule is CNS(=O)(=O)c1cc(NC(=O)CN(Cc2ccc(OC)cc2)C2CC2)ccc1C. The number of anilines is 1. The van der Waals surface area contributed by atoms with E-state index < -0.39 is 10.0 Å². The highest BCUT2D eigenvalue weighted by Crippen LogP contribution is 2.28. The molecule has 156 valence electrons. The molecule has 2 N–H and O–H groups in total. The molecule has 0 saturated heterocycles. The molecule has 2 aromatic rings. The maximum atomic E-state index is 12.6. The van der Waals surface area contributed by atoms with Gasteiger partial charge in [0.15, 0.2) is 0 Å². The van der Waals surface area contributed by atoms with E-state index in [1.54, 1.807) is 26.2 Å². The zero-order valence-corrected chi connectivity index (χ0v) is 17.8. The molecule has 29 heavy (non-hydrogen) atoms. The van der Waals surface area contributed by atoms with Crippen molar-refractivity contribution in [1.29, 1.82) is 0 Å². The minimum Gasteiger partial charge on any atom is -0.497 e. The Bertz CT molecular complexity index is 970. The molecule has 1 fully saturated rings. The first-order valence-electron chi connectivity index (χ1n) is 9.53. The van der Waals surface area contributed by atoms with E-state index in [4.69, 9.17) is 4.74 Å². The number of rotatable bonds is 9. The van der Waals surface area contributed by atoms with E-state index in [1.807, 2.05) is 24.3 Å². The van der Waals surface area contributed by atoms with E-state index in [9.17, 15) is 13.2 Å². The molecular weight excluding hydrogens is 390 g/mol. The highest BCUT2D eigenvalue weighted by Gasteiger charge is 2.30. The van der Waals surface area contributed by atoms with Crippen molar-refractivity contribution in [2.24, 2.45) is 0 Å². The van der Waals surface area contributed by atoms with Crippen LogP contribution in [0.5, 0.6) is 5.75 Å². The third-order valence-corrected chi connectivity index (χ3v) is 6.54. The Morgan fingerprint density at radius 1 is 1.17 bits per heavy atom. The van der Waals surface area contributed by atoms with Gasteiger partial charge in [0.05, 0.1) is 18.6 Å². The van der Waals surface area contributed by atoms with E-state index in [2.05, 4.69) is 14.9 Å². The molecule has 2 aromatic carbocycles. The van der Waals surface area contributed by atoms with Crippen LogP contribution >= 0.6 is 0 Å². The number of nitrogens with one attached hydrogen (secondary N) is 2. The zero-order chi connectivity index (χ0) is 21.0. The van der Waals surface area contributed by atoms with Gasteiger partial charge in [0.2, 0.25) is 15.9 Å². The molecule has 0 unspecified atom stereocenters. The Morgan fingerprint density at radius 2 is 1.86 bits per heavy atom. The minimum atomic E-state index is -3.58. The first-order chi connectivity index (χ1) is 13.8. The number of hydrogen-bond donors (Lipinski definition) is 2. The fraction of sp³-hybridized carbons (Fsp3) is 0.381. The molecule has 1 aliphatic rings. The molecule has 0 aliphatic heterocycles. The summed E-state index contributed by atoms with van der Waals surface area (Å²) >= 11 is 0. The van der Waals surface area contributed by atoms with E-state index in [-0.39, 0.29) is 17.3 Å². The highest BCUT2D eigenvalue weighted by atomic mass is 32.2. The van der Waals surface area contributed by atoms with Crippen LogP contribution in [-0.4, -0.2) is 46.0 Å². The van der Waals surface area contributed by atoms with Crippen molar-refractivity contribution >= 4 is 21.6 Å². The topological polar surface area (TPSA) is 87.7 Å². The number of sulfonamides is 1. The molecule has 8 heteroatoms. The minimum absolute atomic E-state index is 0.162. The maximum Gasteiger partial charge on any atom is 0.240 e. The van der Waals surface area contributed by atoms with Crippen molar-refractivity contribution in [3.8, 4) is 5.75 Å². The van der Waals surface area contributed by atoms with Gasteiger partial charge in [-0.25, -0.2) is 13.1 Å². The first-order valence-corrected chi connectivity index (χ1v) is 11.0. The van der Waals surface area contributed by atoms with Gasteiger partial charge in [-0.2, -0.15) is 0 Å². The Hall–Kier alpha value is -2.42. The number of carbonyl (C=O) groups excluding carboxylic acids is 1. The van der Waals surface area contributed by atoms with Crippen LogP contribution in [0.3, 0.4) is 0 Å². The lowest BCUT2D eigenvalue weighted by Crippen LogP contribution is -2.34. The van der Waals surface area contributed by atoms with Gasteiger partial charge in [0.25, 0.3) is 0 Å². The monoisotopic (exact) mass is 417 g/mol. The zero-order valence-electron chi connectivity index (χ0n) is 16.9. The second-order valence-electron chi connectivity index (χ2n) is 7.22. The Labute approximate surface area is 172 Å². The standard InChI is InChI=1S/C21H27N3O4S/c1-15-4-7-17(12-20(15)29(26,27)22-2)23-21(25)14-24(18-8-9-18)13-16-5-10-19(28-3)11-6-16/h4-7,10-12,18,22H,8-9,13-14H2,1-3H3,(H,23,25). The summed E-state index contributed by atoms with van der Waals surface area (Å²) in [5.41, 5.74) is 2.20. The van der Waals surface area contributed by atoms with E-state index in [0.29, 0.717) is 23.8 Å². The molecule has 1 amide bonds. The van der Waals surface area contributed by atoms with Gasteiger partial charge in [-0.1, -0.05) is 18.2 Å². The number of nitrogens with zero attached hydrogens (tertiary/aromatic N) is 1. The third kappa shape index (κ3) is 5.56. The number of hydrogen-bond acceptors (Lipinski definition) is 5. The Kier molecular flexibility index (Phi) is 6.56. The van der Waals surface area contributed by atoms with Crippen LogP contribution in [0.4, 0.5) is 5.69 Å². The van der Waals surface area contributed by atoms with Gasteiger partial charge in [-0.05, 0) is 62.2 Å². The largest absolute Gasteiger partial charge is 0.497 e. The van der Waals surface area contributed by atoms with Gasteiger partial charge in [-0.3, -0.25) is 9.69 Å². The van der Waals surface area contributed by atoms with Crippen molar-refractivity contribution in [3.05, 3.63) is 53.6 Å². The summed E-state index contributed by atoms with van der Waals surface area (Å²) in [6.07, 6.45) is 2.16. The molecule has 7 nitrogen and oxygen atoms in total. The number of benzene rings is 2. The fourth-order valence-electron chi connectivity index (χ4n) is 3.18. The average Bonchev–Trinajstić information content (AvgIpc) is 3.54. The van der Waals surface area contributed by atoms with Crippen LogP contribution in [-0.2, 0) is 21.4 Å². The van der Waals surface area contributed by atoms with Gasteiger partial charge in [0, 0.05) is 18.3 Å². The summed E-state index contributed by atoms with van der Waals surface area (Å²) in [7, 11) is -0.581. The lowest BCUT2D eigenvalue weighted by molar-refractivity contribution is -0.117. The average molecular weight is 418 g/mol. The number of amides is 1. The van der Waals surface area contributed by atoms with Crippen LogP contribution in [0.2, 0.25) is 0 Å². The number of ether oxygens (including phenoxy) is 1. The Balaban J connectivity index is 1.67. The normalized spacial score (nSPS) is 14.1. The predicted molar refractivity (Wildman–Crippen MR) is 112 cm³/mol. The smallest absolute Gasteiger partial charge is 0.240 e. The predicted octanol–water partition coefficient (Wildman–Crippen LogP) is 2.51. The third-order valence-electron chi connectivity index (χ3n) is 4.98. The van der Waals surface area contributed by atoms with E-state index in [0.717, 1.165) is 24.2 Å². The molecule has 0 atom stereocenters. The van der Waals surface area contributed by atoms with Gasteiger partial charge in [-0.15, -0.1) is 0 Å². The summed E-state index contributed by atoms with van der Waals surface area (Å²) < 4.78 is 31.8. The lowest BCUT2D eigenvalue weighted by atomic mass is 10.2. The molecule has 1 saturated carbocycles. The van der Waals surface area contributed by atoms with Crippen LogP contribution in [0.1, 0.15) is 24.0 Å². The van der Waals surface area contributed by atoms with Crippen molar-refractivity contribution in [3.63, 3.8) is 0 Å². The lowest BCUT2D eigenvalue weighted by Gasteiger charge is -2.22. The highest BCUT2D eigenvalue weighted by molar-refractivity contribution is 7.89. The number of carbonyl (C=O) groups is 1. The molecule has 0 radical (unpaired) electrons. The van der Waals surface area contributed by atoms with Crippen molar-refractivity contribution < 1.29 is 17.9 Å². The van der Waals surface area contributed by atoms with Crippen molar-refractivity contribution in [1.82, 2.24) is 9.62 Å². The molecular formula is C21H27N3O4S. The fourth-order valence-corrected chi connectivity index (χ4v) is 4.18. The molecule has 0 spiro atoms. The second-order valence-corrected chi connectivity index (χ2v) is 9.08. The quantitative estimate of drug-likeness (QED) is 0.655. The van der Waals surface area contributed by atoms with E-state index in [1.165, 1.54) is 13.1 Å². The summed E-state index contributed by atoms with van der Waals surface area (Å²) in [5.74, 6) is 0.637. The molecule has 3 rings (SSSR count). The summed E-state index contributed by atoms with van der Waals surface area (Å²) in [6, 6.07) is 13.1. The van der Waals surface area contributed by atoms with Gasteiger partial charge in [0.1, 0.15) is 5.75 Å². The Morgan fingerprint density at radius 3 is 2.45 bits per heavy atom. The van der Waals surface area contributed by atoms with Crippen molar-refractivity contribution in [2.75, 3.05) is 26.0 Å². The first kappa shape index (κ1) is 21.3. The van der Waals surface area contributed by atoms with E-state index >= 15 is 0 Å². The summed E-state index contributed by atoms with van der Waals surface area (Å²) in [5, 5.41) is 2.83. The maximum absolute atomic E-state index is 12.6. The second kappa shape index (κ2) is 8.94. The summed E-state index contributed by atoms with van der Waals surface area (Å²) in [4.78, 5) is 14.9. The van der Waals surface area contributed by atoms with Crippen LogP contribution in [0, 0.1) is 6.92 Å². The number of methoxy groups -OCH3 is 1. The van der Waals surface area contributed by atoms with Gasteiger partial charge < -0.3 is 10.1 Å².